The van der Waals surface area contributed by atoms with E-state index in [4.69, 9.17) is 10.2 Å². The Labute approximate surface area is 58.7 Å². The molecule has 0 saturated heterocycles. The van der Waals surface area contributed by atoms with Crippen molar-refractivity contribution in [1.82, 2.24) is 0 Å². The second-order valence-electron chi connectivity index (χ2n) is 1.51. The van der Waals surface area contributed by atoms with Crippen LogP contribution in [0.1, 0.15) is 6.92 Å². The van der Waals surface area contributed by atoms with Crippen molar-refractivity contribution in [3.63, 3.8) is 0 Å². The lowest BCUT2D eigenvalue weighted by Crippen LogP contribution is -2.10. The van der Waals surface area contributed by atoms with E-state index in [-0.39, 0.29) is 6.61 Å². The first-order chi connectivity index (χ1) is 3.56. The molecule has 4 heteroatoms. The lowest BCUT2D eigenvalue weighted by Gasteiger charge is -2.13. The molecule has 50 valence electrons. The third-order valence-corrected chi connectivity index (χ3v) is 1.79. The zero-order valence-electron chi connectivity index (χ0n) is 4.66. The number of hydrogen-bond donors (Lipinski definition) is 3. The quantitative estimate of drug-likeness (QED) is 0.405. The van der Waals surface area contributed by atoms with Crippen LogP contribution in [-0.2, 0) is 0 Å². The predicted octanol–water partition coefficient (Wildman–Crippen LogP) is 0.308. The largest absolute Gasteiger partial charge is 0.396 e. The molecule has 8 heavy (non-hydrogen) atoms. The maximum absolute atomic E-state index is 8.86. The van der Waals surface area contributed by atoms with Gasteiger partial charge in [-0.05, 0) is 6.92 Å². The molecule has 0 rings (SSSR count). The Morgan fingerprint density at radius 1 is 1.75 bits per heavy atom. The van der Waals surface area contributed by atoms with E-state index in [1.165, 1.54) is 11.8 Å². The van der Waals surface area contributed by atoms with E-state index in [0.717, 1.165) is 0 Å². The highest BCUT2D eigenvalue weighted by molar-refractivity contribution is 8.11. The van der Waals surface area contributed by atoms with E-state index in [1.54, 1.807) is 6.92 Å². The zero-order valence-corrected chi connectivity index (χ0v) is 6.38. The summed E-state index contributed by atoms with van der Waals surface area (Å²) in [6.45, 7) is 1.65. The zero-order chi connectivity index (χ0) is 6.62. The van der Waals surface area contributed by atoms with Crippen LogP contribution in [-0.4, -0.2) is 26.8 Å². The molecule has 0 aromatic carbocycles. The molecule has 0 bridgehead atoms. The molecule has 0 radical (unpaired) electrons. The standard InChI is InChI=1S/C4H10O2S2/c1-4(6,7)8-3-2-5/h5-7H,2-3H2,1H3. The van der Waals surface area contributed by atoms with Crippen LogP contribution in [0.2, 0.25) is 0 Å². The Hall–Kier alpha value is 0.620. The summed E-state index contributed by atoms with van der Waals surface area (Å²) in [5.41, 5.74) is 0. The maximum Gasteiger partial charge on any atom is 0.151 e. The highest BCUT2D eigenvalue weighted by atomic mass is 32.2. The van der Waals surface area contributed by atoms with E-state index >= 15 is 0 Å². The van der Waals surface area contributed by atoms with Crippen molar-refractivity contribution in [2.45, 2.75) is 11.2 Å². The van der Waals surface area contributed by atoms with Crippen LogP contribution >= 0.6 is 24.4 Å². The average molecular weight is 154 g/mol. The first kappa shape index (κ1) is 8.62. The SMILES string of the molecule is CC(O)(S)SCCO. The monoisotopic (exact) mass is 154 g/mol. The van der Waals surface area contributed by atoms with E-state index in [1.807, 2.05) is 0 Å². The Morgan fingerprint density at radius 2 is 2.25 bits per heavy atom. The summed E-state index contributed by atoms with van der Waals surface area (Å²) in [4.78, 5) is 0. The lowest BCUT2D eigenvalue weighted by molar-refractivity contribution is 0.251. The molecular weight excluding hydrogens is 144 g/mol. The fourth-order valence-electron chi connectivity index (χ4n) is 0.239. The number of hydrogen-bond acceptors (Lipinski definition) is 4. The highest BCUT2D eigenvalue weighted by Gasteiger charge is 2.12. The third kappa shape index (κ3) is 6.62. The minimum atomic E-state index is -0.997. The van der Waals surface area contributed by atoms with Crippen molar-refractivity contribution in [1.29, 1.82) is 0 Å². The molecule has 0 fully saturated rings. The molecule has 0 aliphatic heterocycles. The molecule has 0 heterocycles. The van der Waals surface area contributed by atoms with Gasteiger partial charge in [0.1, 0.15) is 0 Å². The topological polar surface area (TPSA) is 40.5 Å². The van der Waals surface area contributed by atoms with Crippen molar-refractivity contribution in [2.75, 3.05) is 12.4 Å². The van der Waals surface area contributed by atoms with Gasteiger partial charge in [-0.25, -0.2) is 0 Å². The van der Waals surface area contributed by atoms with E-state index < -0.39 is 4.27 Å². The Bertz CT molecular complexity index is 59.5. The average Bonchev–Trinajstić information content (AvgIpc) is 1.59. The summed E-state index contributed by atoms with van der Waals surface area (Å²) in [6.07, 6.45) is 0. The summed E-state index contributed by atoms with van der Waals surface area (Å²) in [7, 11) is 0. The first-order valence-electron chi connectivity index (χ1n) is 2.26. The molecule has 0 aromatic heterocycles. The van der Waals surface area contributed by atoms with Gasteiger partial charge >= 0.3 is 0 Å². The Kier molecular flexibility index (Phi) is 3.89. The second-order valence-corrected chi connectivity index (χ2v) is 4.17. The molecule has 0 aliphatic rings. The predicted molar refractivity (Wildman–Crippen MR) is 39.2 cm³/mol. The maximum atomic E-state index is 8.86. The fourth-order valence-corrected chi connectivity index (χ4v) is 0.991. The molecule has 2 nitrogen and oxygen atoms in total. The van der Waals surface area contributed by atoms with Gasteiger partial charge in [0, 0.05) is 5.75 Å². The fraction of sp³-hybridized carbons (Fsp3) is 1.00. The molecule has 0 aromatic rings. The molecule has 1 atom stereocenters. The molecule has 0 amide bonds. The van der Waals surface area contributed by atoms with Crippen LogP contribution in [0.4, 0.5) is 0 Å². The summed E-state index contributed by atoms with van der Waals surface area (Å²) in [5.74, 6) is 0.524. The summed E-state index contributed by atoms with van der Waals surface area (Å²) >= 11 is 5.00. The van der Waals surface area contributed by atoms with Gasteiger partial charge in [0.2, 0.25) is 0 Å². The van der Waals surface area contributed by atoms with Crippen molar-refractivity contribution in [2.24, 2.45) is 0 Å². The van der Waals surface area contributed by atoms with Gasteiger partial charge in [-0.1, -0.05) is 0 Å². The summed E-state index contributed by atoms with van der Waals surface area (Å²) in [6, 6.07) is 0. The molecule has 0 spiro atoms. The minimum absolute atomic E-state index is 0.0847. The van der Waals surface area contributed by atoms with Crippen molar-refractivity contribution in [3.05, 3.63) is 0 Å². The van der Waals surface area contributed by atoms with Crippen LogP contribution in [0.15, 0.2) is 0 Å². The highest BCUT2D eigenvalue weighted by Crippen LogP contribution is 2.24. The first-order valence-corrected chi connectivity index (χ1v) is 3.69. The van der Waals surface area contributed by atoms with Gasteiger partial charge in [0.25, 0.3) is 0 Å². The van der Waals surface area contributed by atoms with Crippen LogP contribution in [0.5, 0.6) is 0 Å². The van der Waals surface area contributed by atoms with Gasteiger partial charge in [0.05, 0.1) is 6.61 Å². The normalized spacial score (nSPS) is 18.0. The summed E-state index contributed by atoms with van der Waals surface area (Å²) < 4.78 is -0.997. The van der Waals surface area contributed by atoms with Crippen molar-refractivity contribution < 1.29 is 10.2 Å². The van der Waals surface area contributed by atoms with Crippen LogP contribution in [0.25, 0.3) is 0 Å². The molecular formula is C4H10O2S2. The van der Waals surface area contributed by atoms with Crippen LogP contribution in [0.3, 0.4) is 0 Å². The van der Waals surface area contributed by atoms with Crippen LogP contribution in [0, 0.1) is 0 Å². The molecule has 0 aliphatic carbocycles. The van der Waals surface area contributed by atoms with Crippen LogP contribution < -0.4 is 0 Å². The summed E-state index contributed by atoms with van der Waals surface area (Å²) in [5, 5.41) is 17.1. The van der Waals surface area contributed by atoms with Crippen molar-refractivity contribution >= 4 is 24.4 Å². The van der Waals surface area contributed by atoms with Gasteiger partial charge in [-0.15, -0.1) is 24.4 Å². The third-order valence-electron chi connectivity index (χ3n) is 0.467. The lowest BCUT2D eigenvalue weighted by atomic mass is 10.8. The van der Waals surface area contributed by atoms with Crippen molar-refractivity contribution in [3.8, 4) is 0 Å². The van der Waals surface area contributed by atoms with E-state index in [9.17, 15) is 0 Å². The van der Waals surface area contributed by atoms with Gasteiger partial charge in [-0.2, -0.15) is 0 Å². The molecule has 1 unspecified atom stereocenters. The van der Waals surface area contributed by atoms with E-state index in [2.05, 4.69) is 12.6 Å². The van der Waals surface area contributed by atoms with E-state index in [0.29, 0.717) is 5.75 Å². The van der Waals surface area contributed by atoms with Gasteiger partial charge in [0.15, 0.2) is 4.27 Å². The number of aliphatic hydroxyl groups is 2. The number of rotatable bonds is 3. The number of aliphatic hydroxyl groups excluding tert-OH is 1. The van der Waals surface area contributed by atoms with Gasteiger partial charge < -0.3 is 10.2 Å². The number of thiol groups is 1. The second kappa shape index (κ2) is 3.61. The Morgan fingerprint density at radius 3 is 2.38 bits per heavy atom. The number of thioether (sulfide) groups is 1. The van der Waals surface area contributed by atoms with Gasteiger partial charge in [-0.3, -0.25) is 0 Å². The Balaban J connectivity index is 3.11. The smallest absolute Gasteiger partial charge is 0.151 e. The minimum Gasteiger partial charge on any atom is -0.396 e. The molecule has 2 N–H and O–H groups in total. The molecule has 0 saturated carbocycles.